The van der Waals surface area contributed by atoms with Gasteiger partial charge in [-0.3, -0.25) is 4.79 Å². The molecule has 8 nitrogen and oxygen atoms in total. The molecule has 0 unspecified atom stereocenters. The van der Waals surface area contributed by atoms with Crippen molar-refractivity contribution in [1.29, 1.82) is 0 Å². The van der Waals surface area contributed by atoms with Gasteiger partial charge in [0.1, 0.15) is 13.2 Å². The van der Waals surface area contributed by atoms with E-state index in [1.165, 1.54) is 11.1 Å². The van der Waals surface area contributed by atoms with Gasteiger partial charge in [0, 0.05) is 31.0 Å². The molecular weight excluding hydrogens is 448 g/mol. The quantitative estimate of drug-likeness (QED) is 0.596. The summed E-state index contributed by atoms with van der Waals surface area (Å²) in [6, 6.07) is 16.3. The minimum absolute atomic E-state index is 0.0254. The van der Waals surface area contributed by atoms with Crippen LogP contribution in [-0.2, 0) is 19.1 Å². The fourth-order valence-electron chi connectivity index (χ4n) is 4.91. The lowest BCUT2D eigenvalue weighted by molar-refractivity contribution is -0.147. The van der Waals surface area contributed by atoms with Crippen molar-refractivity contribution in [3.63, 3.8) is 0 Å². The van der Waals surface area contributed by atoms with Gasteiger partial charge in [0.15, 0.2) is 0 Å². The fraction of sp³-hybridized carbons (Fsp3) is 0.444. The Kier molecular flexibility index (Phi) is 7.40. The van der Waals surface area contributed by atoms with Crippen LogP contribution in [0.3, 0.4) is 0 Å². The van der Waals surface area contributed by atoms with Crippen LogP contribution in [0.1, 0.15) is 50.2 Å². The zero-order valence-corrected chi connectivity index (χ0v) is 20.2. The Morgan fingerprint density at radius 3 is 2.14 bits per heavy atom. The number of likely N-dealkylation sites (tertiary alicyclic amines) is 1. The topological polar surface area (TPSA) is 105 Å². The molecule has 1 aliphatic heterocycles. The zero-order valence-electron chi connectivity index (χ0n) is 20.2. The van der Waals surface area contributed by atoms with Crippen molar-refractivity contribution in [2.24, 2.45) is 0 Å². The predicted octanol–water partition coefficient (Wildman–Crippen LogP) is 3.79. The monoisotopic (exact) mass is 480 g/mol. The number of piperidine rings is 1. The standard InChI is InChI=1S/C27H32N2O6/c1-27(2,15-24(30)29-13-11-18(12-14-29)34-17-25(31)32)28-26(33)35-16-23-21-9-5-3-7-19(21)20-8-4-6-10-22(20)23/h3-10,18,23H,11-17H2,1-2H3,(H,28,33)(H,31,32). The van der Waals surface area contributed by atoms with Crippen LogP contribution >= 0.6 is 0 Å². The van der Waals surface area contributed by atoms with E-state index in [1.54, 1.807) is 18.7 Å². The van der Waals surface area contributed by atoms with E-state index in [9.17, 15) is 14.4 Å². The molecule has 0 saturated carbocycles. The first-order valence-corrected chi connectivity index (χ1v) is 12.0. The normalized spacial score (nSPS) is 15.9. The van der Waals surface area contributed by atoms with Crippen LogP contribution < -0.4 is 5.32 Å². The van der Waals surface area contributed by atoms with E-state index in [4.69, 9.17) is 14.6 Å². The first kappa shape index (κ1) is 24.7. The molecule has 2 aromatic rings. The van der Waals surface area contributed by atoms with Gasteiger partial charge in [-0.05, 0) is 48.9 Å². The second-order valence-electron chi connectivity index (χ2n) is 9.80. The molecule has 0 bridgehead atoms. The predicted molar refractivity (Wildman–Crippen MR) is 130 cm³/mol. The molecule has 1 heterocycles. The van der Waals surface area contributed by atoms with Crippen molar-refractivity contribution in [3.05, 3.63) is 59.7 Å². The van der Waals surface area contributed by atoms with Crippen molar-refractivity contribution in [2.45, 2.75) is 50.7 Å². The molecule has 1 fully saturated rings. The number of nitrogens with zero attached hydrogens (tertiary/aromatic N) is 1. The number of fused-ring (bicyclic) bond motifs is 3. The molecule has 0 aromatic heterocycles. The number of amides is 2. The Labute approximate surface area is 205 Å². The minimum Gasteiger partial charge on any atom is -0.480 e. The molecule has 35 heavy (non-hydrogen) atoms. The average molecular weight is 481 g/mol. The molecule has 2 aromatic carbocycles. The summed E-state index contributed by atoms with van der Waals surface area (Å²) >= 11 is 0. The SMILES string of the molecule is CC(C)(CC(=O)N1CCC(OCC(=O)O)CC1)NC(=O)OCC1c2ccccc2-c2ccccc21. The van der Waals surface area contributed by atoms with E-state index in [0.29, 0.717) is 25.9 Å². The van der Waals surface area contributed by atoms with Gasteiger partial charge in [0.05, 0.1) is 6.10 Å². The largest absolute Gasteiger partial charge is 0.480 e. The highest BCUT2D eigenvalue weighted by atomic mass is 16.5. The van der Waals surface area contributed by atoms with Crippen molar-refractivity contribution < 1.29 is 29.0 Å². The molecule has 0 spiro atoms. The molecule has 8 heteroatoms. The summed E-state index contributed by atoms with van der Waals surface area (Å²) in [4.78, 5) is 37.8. The van der Waals surface area contributed by atoms with Crippen molar-refractivity contribution in [3.8, 4) is 11.1 Å². The second-order valence-corrected chi connectivity index (χ2v) is 9.80. The van der Waals surface area contributed by atoms with Gasteiger partial charge in [-0.25, -0.2) is 9.59 Å². The Morgan fingerprint density at radius 2 is 1.57 bits per heavy atom. The van der Waals surface area contributed by atoms with Crippen LogP contribution in [0.5, 0.6) is 0 Å². The Morgan fingerprint density at radius 1 is 1.00 bits per heavy atom. The lowest BCUT2D eigenvalue weighted by Crippen LogP contribution is -2.49. The van der Waals surface area contributed by atoms with Crippen LogP contribution in [0.25, 0.3) is 11.1 Å². The molecule has 1 aliphatic carbocycles. The van der Waals surface area contributed by atoms with Crippen molar-refractivity contribution in [1.82, 2.24) is 10.2 Å². The number of carboxylic acid groups (broad SMARTS) is 1. The lowest BCUT2D eigenvalue weighted by atomic mass is 9.98. The number of benzene rings is 2. The summed E-state index contributed by atoms with van der Waals surface area (Å²) in [7, 11) is 0. The van der Waals surface area contributed by atoms with E-state index < -0.39 is 17.6 Å². The summed E-state index contributed by atoms with van der Waals surface area (Å²) in [5.41, 5.74) is 3.84. The first-order valence-electron chi connectivity index (χ1n) is 12.0. The molecule has 2 N–H and O–H groups in total. The summed E-state index contributed by atoms with van der Waals surface area (Å²) in [5, 5.41) is 11.6. The van der Waals surface area contributed by atoms with Crippen LogP contribution in [0.15, 0.2) is 48.5 Å². The van der Waals surface area contributed by atoms with Crippen molar-refractivity contribution >= 4 is 18.0 Å². The summed E-state index contributed by atoms with van der Waals surface area (Å²) in [6.45, 7) is 4.50. The zero-order chi connectivity index (χ0) is 25.0. The number of ether oxygens (including phenoxy) is 2. The van der Waals surface area contributed by atoms with Crippen LogP contribution in [0.4, 0.5) is 4.79 Å². The third-order valence-electron chi connectivity index (χ3n) is 6.61. The molecule has 1 saturated heterocycles. The smallest absolute Gasteiger partial charge is 0.407 e. The number of aliphatic carboxylic acids is 1. The number of rotatable bonds is 8. The van der Waals surface area contributed by atoms with E-state index in [0.717, 1.165) is 11.1 Å². The summed E-state index contributed by atoms with van der Waals surface area (Å²) < 4.78 is 11.0. The summed E-state index contributed by atoms with van der Waals surface area (Å²) in [6.07, 6.45) is 0.628. The first-order chi connectivity index (χ1) is 16.7. The highest BCUT2D eigenvalue weighted by Crippen LogP contribution is 2.44. The maximum atomic E-state index is 12.8. The number of carboxylic acids is 1. The molecule has 0 atom stereocenters. The van der Waals surface area contributed by atoms with E-state index in [2.05, 4.69) is 29.6 Å². The second kappa shape index (κ2) is 10.5. The van der Waals surface area contributed by atoms with Crippen LogP contribution in [0, 0.1) is 0 Å². The number of alkyl carbamates (subject to hydrolysis) is 1. The molecule has 2 aliphatic rings. The van der Waals surface area contributed by atoms with Crippen molar-refractivity contribution in [2.75, 3.05) is 26.3 Å². The molecule has 186 valence electrons. The maximum absolute atomic E-state index is 12.8. The van der Waals surface area contributed by atoms with Gasteiger partial charge in [-0.1, -0.05) is 48.5 Å². The lowest BCUT2D eigenvalue weighted by Gasteiger charge is -2.34. The van der Waals surface area contributed by atoms with Crippen LogP contribution in [0.2, 0.25) is 0 Å². The molecule has 4 rings (SSSR count). The Balaban J connectivity index is 1.27. The Hall–Kier alpha value is -3.39. The average Bonchev–Trinajstić information content (AvgIpc) is 3.15. The minimum atomic E-state index is -0.996. The van der Waals surface area contributed by atoms with E-state index in [1.807, 2.05) is 24.3 Å². The highest BCUT2D eigenvalue weighted by Gasteiger charge is 2.32. The summed E-state index contributed by atoms with van der Waals surface area (Å²) in [5.74, 6) is -1.09. The van der Waals surface area contributed by atoms with Gasteiger partial charge in [0.25, 0.3) is 0 Å². The molecule has 0 radical (unpaired) electrons. The molecular formula is C27H32N2O6. The third kappa shape index (κ3) is 6.00. The Bertz CT molecular complexity index is 1050. The van der Waals surface area contributed by atoms with Gasteiger partial charge in [-0.15, -0.1) is 0 Å². The number of carbonyl (C=O) groups is 3. The van der Waals surface area contributed by atoms with Gasteiger partial charge >= 0.3 is 12.1 Å². The van der Waals surface area contributed by atoms with E-state index >= 15 is 0 Å². The number of hydrogen-bond acceptors (Lipinski definition) is 5. The van der Waals surface area contributed by atoms with Gasteiger partial charge in [0.2, 0.25) is 5.91 Å². The van der Waals surface area contributed by atoms with Gasteiger partial charge < -0.3 is 24.8 Å². The number of hydrogen-bond donors (Lipinski definition) is 2. The van der Waals surface area contributed by atoms with Gasteiger partial charge in [-0.2, -0.15) is 0 Å². The third-order valence-corrected chi connectivity index (χ3v) is 6.61. The number of nitrogens with one attached hydrogen (secondary N) is 1. The fourth-order valence-corrected chi connectivity index (χ4v) is 4.91. The van der Waals surface area contributed by atoms with Crippen LogP contribution in [-0.4, -0.2) is 65.9 Å². The maximum Gasteiger partial charge on any atom is 0.407 e. The number of carbonyl (C=O) groups excluding carboxylic acids is 2. The molecule has 2 amide bonds. The van der Waals surface area contributed by atoms with E-state index in [-0.39, 0.29) is 37.6 Å². The highest BCUT2D eigenvalue weighted by molar-refractivity contribution is 5.80.